The maximum absolute atomic E-state index is 13.0. The Morgan fingerprint density at radius 3 is 2.80 bits per heavy atom. The first-order valence-electron chi connectivity index (χ1n) is 8.99. The molecule has 1 saturated heterocycles. The van der Waals surface area contributed by atoms with Crippen LogP contribution in [0.2, 0.25) is 0 Å². The number of hydrogen-bond donors (Lipinski definition) is 0. The van der Waals surface area contributed by atoms with E-state index in [1.807, 2.05) is 23.4 Å². The molecule has 0 aliphatic carbocycles. The SMILES string of the molecule is CCOc1ccc(C(=O)N2CCCC[C@@H]2Cn2nc(C)cc2C)cn1. The lowest BCUT2D eigenvalue weighted by Crippen LogP contribution is -2.46. The molecule has 3 rings (SSSR count). The highest BCUT2D eigenvalue weighted by Crippen LogP contribution is 2.22. The normalized spacial score (nSPS) is 17.6. The number of aromatic nitrogens is 3. The third-order valence-corrected chi connectivity index (χ3v) is 4.65. The van der Waals surface area contributed by atoms with Gasteiger partial charge in [-0.05, 0) is 52.2 Å². The molecule has 1 amide bonds. The van der Waals surface area contributed by atoms with Crippen LogP contribution in [0.1, 0.15) is 47.9 Å². The van der Waals surface area contributed by atoms with Gasteiger partial charge < -0.3 is 9.64 Å². The standard InChI is InChI=1S/C19H26N4O2/c1-4-25-18-9-8-16(12-20-18)19(24)22-10-6-5-7-17(22)13-23-15(3)11-14(2)21-23/h8-9,11-12,17H,4-7,10,13H2,1-3H3/t17-/m1/s1. The molecule has 0 bridgehead atoms. The van der Waals surface area contributed by atoms with Gasteiger partial charge in [0.15, 0.2) is 0 Å². The molecule has 0 saturated carbocycles. The Kier molecular flexibility index (Phi) is 5.36. The van der Waals surface area contributed by atoms with E-state index in [-0.39, 0.29) is 11.9 Å². The lowest BCUT2D eigenvalue weighted by atomic mass is 10.0. The zero-order valence-electron chi connectivity index (χ0n) is 15.2. The van der Waals surface area contributed by atoms with Gasteiger partial charge >= 0.3 is 0 Å². The number of aryl methyl sites for hydroxylation is 2. The molecular formula is C19H26N4O2. The smallest absolute Gasteiger partial charge is 0.255 e. The summed E-state index contributed by atoms with van der Waals surface area (Å²) in [4.78, 5) is 19.2. The average Bonchev–Trinajstić information content (AvgIpc) is 2.93. The fourth-order valence-electron chi connectivity index (χ4n) is 3.42. The number of carbonyl (C=O) groups is 1. The van der Waals surface area contributed by atoms with E-state index in [9.17, 15) is 4.79 Å². The van der Waals surface area contributed by atoms with Crippen LogP contribution >= 0.6 is 0 Å². The highest BCUT2D eigenvalue weighted by Gasteiger charge is 2.28. The Morgan fingerprint density at radius 1 is 1.32 bits per heavy atom. The van der Waals surface area contributed by atoms with Crippen molar-refractivity contribution in [3.8, 4) is 5.88 Å². The minimum absolute atomic E-state index is 0.0433. The second kappa shape index (κ2) is 7.68. The van der Waals surface area contributed by atoms with Crippen LogP contribution in [0.15, 0.2) is 24.4 Å². The van der Waals surface area contributed by atoms with Crippen LogP contribution in [-0.4, -0.2) is 44.8 Å². The molecule has 0 radical (unpaired) electrons. The van der Waals surface area contributed by atoms with Gasteiger partial charge in [-0.2, -0.15) is 5.10 Å². The van der Waals surface area contributed by atoms with Crippen LogP contribution in [0.5, 0.6) is 5.88 Å². The molecule has 1 atom stereocenters. The van der Waals surface area contributed by atoms with E-state index in [0.717, 1.165) is 43.7 Å². The summed E-state index contributed by atoms with van der Waals surface area (Å²) in [5.74, 6) is 0.596. The second-order valence-corrected chi connectivity index (χ2v) is 6.58. The van der Waals surface area contributed by atoms with Crippen molar-refractivity contribution < 1.29 is 9.53 Å². The van der Waals surface area contributed by atoms with Crippen LogP contribution in [0, 0.1) is 13.8 Å². The van der Waals surface area contributed by atoms with E-state index in [0.29, 0.717) is 18.1 Å². The van der Waals surface area contributed by atoms with Crippen molar-refractivity contribution in [3.05, 3.63) is 41.3 Å². The second-order valence-electron chi connectivity index (χ2n) is 6.58. The number of pyridine rings is 1. The first-order valence-corrected chi connectivity index (χ1v) is 8.99. The molecular weight excluding hydrogens is 316 g/mol. The topological polar surface area (TPSA) is 60.2 Å². The molecule has 0 N–H and O–H groups in total. The van der Waals surface area contributed by atoms with Crippen LogP contribution in [0.3, 0.4) is 0 Å². The lowest BCUT2D eigenvalue weighted by Gasteiger charge is -2.36. The van der Waals surface area contributed by atoms with E-state index >= 15 is 0 Å². The minimum Gasteiger partial charge on any atom is -0.478 e. The predicted molar refractivity (Wildman–Crippen MR) is 95.8 cm³/mol. The predicted octanol–water partition coefficient (Wildman–Crippen LogP) is 2.99. The fourth-order valence-corrected chi connectivity index (χ4v) is 3.42. The molecule has 0 spiro atoms. The van der Waals surface area contributed by atoms with E-state index < -0.39 is 0 Å². The summed E-state index contributed by atoms with van der Waals surface area (Å²) in [6, 6.07) is 5.81. The molecule has 2 aromatic rings. The molecule has 134 valence electrons. The highest BCUT2D eigenvalue weighted by molar-refractivity contribution is 5.94. The van der Waals surface area contributed by atoms with Gasteiger partial charge in [0.05, 0.1) is 30.5 Å². The summed E-state index contributed by atoms with van der Waals surface area (Å²) in [5.41, 5.74) is 2.77. The first-order chi connectivity index (χ1) is 12.1. The third-order valence-electron chi connectivity index (χ3n) is 4.65. The van der Waals surface area contributed by atoms with Crippen LogP contribution in [0.25, 0.3) is 0 Å². The Hall–Kier alpha value is -2.37. The number of rotatable bonds is 5. The van der Waals surface area contributed by atoms with Gasteiger partial charge in [0.1, 0.15) is 0 Å². The molecule has 2 aromatic heterocycles. The molecule has 6 nitrogen and oxygen atoms in total. The number of amides is 1. The molecule has 1 fully saturated rings. The Bertz CT molecular complexity index is 724. The summed E-state index contributed by atoms with van der Waals surface area (Å²) < 4.78 is 7.37. The molecule has 6 heteroatoms. The molecule has 1 aliphatic rings. The summed E-state index contributed by atoms with van der Waals surface area (Å²) in [7, 11) is 0. The van der Waals surface area contributed by atoms with E-state index in [4.69, 9.17) is 4.74 Å². The number of carbonyl (C=O) groups excluding carboxylic acids is 1. The average molecular weight is 342 g/mol. The van der Waals surface area contributed by atoms with Gasteiger partial charge in [0.2, 0.25) is 5.88 Å². The fraction of sp³-hybridized carbons (Fsp3) is 0.526. The van der Waals surface area contributed by atoms with Crippen LogP contribution in [-0.2, 0) is 6.54 Å². The van der Waals surface area contributed by atoms with Crippen molar-refractivity contribution in [2.45, 2.75) is 52.6 Å². The lowest BCUT2D eigenvalue weighted by molar-refractivity contribution is 0.0582. The van der Waals surface area contributed by atoms with E-state index in [2.05, 4.69) is 23.1 Å². The monoisotopic (exact) mass is 342 g/mol. The van der Waals surface area contributed by atoms with Gasteiger partial charge in [0, 0.05) is 24.5 Å². The molecule has 0 unspecified atom stereocenters. The minimum atomic E-state index is 0.0433. The van der Waals surface area contributed by atoms with Gasteiger partial charge in [-0.3, -0.25) is 9.48 Å². The highest BCUT2D eigenvalue weighted by atomic mass is 16.5. The van der Waals surface area contributed by atoms with E-state index in [1.165, 1.54) is 0 Å². The number of ether oxygens (including phenoxy) is 1. The number of hydrogen-bond acceptors (Lipinski definition) is 4. The number of piperidine rings is 1. The van der Waals surface area contributed by atoms with Gasteiger partial charge in [-0.25, -0.2) is 4.98 Å². The molecule has 0 aromatic carbocycles. The number of nitrogens with zero attached hydrogens (tertiary/aromatic N) is 4. The maximum atomic E-state index is 13.0. The summed E-state index contributed by atoms with van der Waals surface area (Å²) >= 11 is 0. The largest absolute Gasteiger partial charge is 0.478 e. The molecule has 1 aliphatic heterocycles. The molecule has 25 heavy (non-hydrogen) atoms. The van der Waals surface area contributed by atoms with Crippen molar-refractivity contribution in [1.82, 2.24) is 19.7 Å². The van der Waals surface area contributed by atoms with Crippen molar-refractivity contribution in [3.63, 3.8) is 0 Å². The number of likely N-dealkylation sites (tertiary alicyclic amines) is 1. The third kappa shape index (κ3) is 4.00. The quantitative estimate of drug-likeness (QED) is 0.838. The Balaban J connectivity index is 1.75. The summed E-state index contributed by atoms with van der Waals surface area (Å²) in [6.45, 7) is 8.07. The van der Waals surface area contributed by atoms with Crippen LogP contribution < -0.4 is 4.74 Å². The van der Waals surface area contributed by atoms with Crippen LogP contribution in [0.4, 0.5) is 0 Å². The van der Waals surface area contributed by atoms with Gasteiger partial charge in [-0.15, -0.1) is 0 Å². The van der Waals surface area contributed by atoms with E-state index in [1.54, 1.807) is 18.3 Å². The van der Waals surface area contributed by atoms with Crippen molar-refractivity contribution >= 4 is 5.91 Å². The molecule has 3 heterocycles. The van der Waals surface area contributed by atoms with Gasteiger partial charge in [-0.1, -0.05) is 0 Å². The van der Waals surface area contributed by atoms with Crippen molar-refractivity contribution in [1.29, 1.82) is 0 Å². The first kappa shape index (κ1) is 17.5. The summed E-state index contributed by atoms with van der Waals surface area (Å²) in [5, 5.41) is 4.55. The zero-order chi connectivity index (χ0) is 17.8. The van der Waals surface area contributed by atoms with Crippen molar-refractivity contribution in [2.24, 2.45) is 0 Å². The zero-order valence-corrected chi connectivity index (χ0v) is 15.2. The summed E-state index contributed by atoms with van der Waals surface area (Å²) in [6.07, 6.45) is 4.82. The Labute approximate surface area is 148 Å². The van der Waals surface area contributed by atoms with Crippen molar-refractivity contribution in [2.75, 3.05) is 13.2 Å². The maximum Gasteiger partial charge on any atom is 0.255 e. The van der Waals surface area contributed by atoms with Gasteiger partial charge in [0.25, 0.3) is 5.91 Å². The Morgan fingerprint density at radius 2 is 2.16 bits per heavy atom.